The summed E-state index contributed by atoms with van der Waals surface area (Å²) in [5.74, 6) is 0.426. The molecule has 0 saturated carbocycles. The Morgan fingerprint density at radius 1 is 1.36 bits per heavy atom. The topological polar surface area (TPSA) is 48.0 Å². The highest BCUT2D eigenvalue weighted by Gasteiger charge is 2.11. The second kappa shape index (κ2) is 3.86. The van der Waals surface area contributed by atoms with E-state index in [-0.39, 0.29) is 11.6 Å². The van der Waals surface area contributed by atoms with Crippen LogP contribution in [0.25, 0.3) is 0 Å². The minimum Gasteiger partial charge on any atom is -0.397 e. The lowest BCUT2D eigenvalue weighted by molar-refractivity contribution is 0.398. The summed E-state index contributed by atoms with van der Waals surface area (Å²) in [6.07, 6.45) is 1.74. The van der Waals surface area contributed by atoms with Crippen molar-refractivity contribution in [1.82, 2.24) is 4.57 Å². The highest BCUT2D eigenvalue weighted by molar-refractivity contribution is 5.43. The van der Waals surface area contributed by atoms with Gasteiger partial charge in [0.1, 0.15) is 0 Å². The molecule has 0 aliphatic carbocycles. The first-order valence-corrected chi connectivity index (χ1v) is 4.91. The van der Waals surface area contributed by atoms with E-state index >= 15 is 0 Å². The minimum absolute atomic E-state index is 0.0258. The molecular weight excluding hydrogens is 176 g/mol. The van der Waals surface area contributed by atoms with E-state index in [0.717, 1.165) is 5.56 Å². The maximum Gasteiger partial charge on any atom is 0.251 e. The summed E-state index contributed by atoms with van der Waals surface area (Å²) in [7, 11) is 0. The van der Waals surface area contributed by atoms with Crippen LogP contribution in [0.2, 0.25) is 0 Å². The number of nitrogen functional groups attached to an aromatic ring is 1. The molecule has 0 aromatic carbocycles. The standard InChI is InChI=1S/C11H18N2O/c1-7(2)9(4)13-6-10(12)8(3)5-11(13)14/h5-7,9H,12H2,1-4H3. The average Bonchev–Trinajstić information content (AvgIpc) is 2.10. The van der Waals surface area contributed by atoms with Crippen LogP contribution in [0.3, 0.4) is 0 Å². The van der Waals surface area contributed by atoms with Crippen LogP contribution in [0.5, 0.6) is 0 Å². The van der Waals surface area contributed by atoms with Crippen LogP contribution in [0.1, 0.15) is 32.4 Å². The second-order valence-corrected chi connectivity index (χ2v) is 4.14. The number of rotatable bonds is 2. The number of aryl methyl sites for hydroxylation is 1. The molecule has 0 aliphatic rings. The number of hydrogen-bond donors (Lipinski definition) is 1. The molecule has 3 nitrogen and oxygen atoms in total. The van der Waals surface area contributed by atoms with Crippen LogP contribution in [-0.2, 0) is 0 Å². The Labute approximate surface area is 84.6 Å². The lowest BCUT2D eigenvalue weighted by Crippen LogP contribution is -2.26. The number of hydrogen-bond acceptors (Lipinski definition) is 2. The summed E-state index contributed by atoms with van der Waals surface area (Å²) in [4.78, 5) is 11.6. The molecule has 0 radical (unpaired) electrons. The van der Waals surface area contributed by atoms with Crippen molar-refractivity contribution < 1.29 is 0 Å². The number of aromatic nitrogens is 1. The lowest BCUT2D eigenvalue weighted by Gasteiger charge is -2.19. The van der Waals surface area contributed by atoms with Crippen LogP contribution < -0.4 is 11.3 Å². The first kappa shape index (κ1) is 10.8. The summed E-state index contributed by atoms with van der Waals surface area (Å²) in [5, 5.41) is 0. The maximum absolute atomic E-state index is 11.6. The fourth-order valence-electron chi connectivity index (χ4n) is 1.30. The molecule has 1 unspecified atom stereocenters. The molecule has 1 aromatic rings. The molecule has 3 heteroatoms. The van der Waals surface area contributed by atoms with Crippen molar-refractivity contribution in [2.24, 2.45) is 5.92 Å². The molecule has 0 fully saturated rings. The van der Waals surface area contributed by atoms with E-state index in [1.165, 1.54) is 0 Å². The van der Waals surface area contributed by atoms with Crippen molar-refractivity contribution in [2.75, 3.05) is 5.73 Å². The molecule has 78 valence electrons. The lowest BCUT2D eigenvalue weighted by atomic mass is 10.1. The fourth-order valence-corrected chi connectivity index (χ4v) is 1.30. The Morgan fingerprint density at radius 2 is 1.93 bits per heavy atom. The van der Waals surface area contributed by atoms with E-state index in [1.807, 2.05) is 13.8 Å². The average molecular weight is 194 g/mol. The van der Waals surface area contributed by atoms with Gasteiger partial charge in [0, 0.05) is 18.3 Å². The van der Waals surface area contributed by atoms with Gasteiger partial charge in [-0.25, -0.2) is 0 Å². The third-order valence-electron chi connectivity index (χ3n) is 2.73. The van der Waals surface area contributed by atoms with Gasteiger partial charge >= 0.3 is 0 Å². The molecule has 0 bridgehead atoms. The minimum atomic E-state index is 0.0258. The van der Waals surface area contributed by atoms with E-state index in [2.05, 4.69) is 13.8 Å². The van der Waals surface area contributed by atoms with Gasteiger partial charge in [-0.3, -0.25) is 4.79 Å². The zero-order valence-electron chi connectivity index (χ0n) is 9.24. The van der Waals surface area contributed by atoms with Gasteiger partial charge in [0.05, 0.1) is 5.69 Å². The van der Waals surface area contributed by atoms with Crippen molar-refractivity contribution in [3.63, 3.8) is 0 Å². The predicted octanol–water partition coefficient (Wildman–Crippen LogP) is 1.96. The summed E-state index contributed by atoms with van der Waals surface area (Å²) in [6.45, 7) is 8.06. The number of anilines is 1. The van der Waals surface area contributed by atoms with Crippen molar-refractivity contribution in [3.8, 4) is 0 Å². The third kappa shape index (κ3) is 1.97. The smallest absolute Gasteiger partial charge is 0.251 e. The van der Waals surface area contributed by atoms with Gasteiger partial charge in [-0.1, -0.05) is 13.8 Å². The van der Waals surface area contributed by atoms with Crippen LogP contribution in [0.15, 0.2) is 17.1 Å². The third-order valence-corrected chi connectivity index (χ3v) is 2.73. The van der Waals surface area contributed by atoms with Gasteiger partial charge < -0.3 is 10.3 Å². The number of nitrogens with two attached hydrogens (primary N) is 1. The second-order valence-electron chi connectivity index (χ2n) is 4.14. The van der Waals surface area contributed by atoms with Gasteiger partial charge in [-0.2, -0.15) is 0 Å². The Kier molecular flexibility index (Phi) is 2.99. The van der Waals surface area contributed by atoms with Crippen molar-refractivity contribution in [3.05, 3.63) is 28.2 Å². The van der Waals surface area contributed by atoms with E-state index in [1.54, 1.807) is 16.8 Å². The first-order valence-electron chi connectivity index (χ1n) is 4.91. The van der Waals surface area contributed by atoms with Crippen molar-refractivity contribution in [1.29, 1.82) is 0 Å². The van der Waals surface area contributed by atoms with Gasteiger partial charge in [0.25, 0.3) is 5.56 Å². The molecule has 0 aliphatic heterocycles. The van der Waals surface area contributed by atoms with Gasteiger partial charge in [-0.15, -0.1) is 0 Å². The zero-order chi connectivity index (χ0) is 10.9. The quantitative estimate of drug-likeness (QED) is 0.782. The monoisotopic (exact) mass is 194 g/mol. The SMILES string of the molecule is Cc1cc(=O)n(C(C)C(C)C)cc1N. The largest absolute Gasteiger partial charge is 0.397 e. The van der Waals surface area contributed by atoms with E-state index in [9.17, 15) is 4.79 Å². The van der Waals surface area contributed by atoms with E-state index in [0.29, 0.717) is 11.6 Å². The van der Waals surface area contributed by atoms with Crippen molar-refractivity contribution in [2.45, 2.75) is 33.7 Å². The van der Waals surface area contributed by atoms with Crippen LogP contribution in [0.4, 0.5) is 5.69 Å². The predicted molar refractivity (Wildman–Crippen MR) is 59.4 cm³/mol. The molecule has 1 atom stereocenters. The summed E-state index contributed by atoms with van der Waals surface area (Å²) >= 11 is 0. The van der Waals surface area contributed by atoms with E-state index in [4.69, 9.17) is 5.73 Å². The molecule has 0 amide bonds. The molecule has 0 spiro atoms. The molecule has 1 heterocycles. The summed E-state index contributed by atoms with van der Waals surface area (Å²) < 4.78 is 1.70. The normalized spacial score (nSPS) is 13.2. The fraction of sp³-hybridized carbons (Fsp3) is 0.545. The van der Waals surface area contributed by atoms with Gasteiger partial charge in [0.2, 0.25) is 0 Å². The molecule has 1 rings (SSSR count). The van der Waals surface area contributed by atoms with Gasteiger partial charge in [-0.05, 0) is 25.3 Å². The van der Waals surface area contributed by atoms with Crippen LogP contribution >= 0.6 is 0 Å². The van der Waals surface area contributed by atoms with E-state index < -0.39 is 0 Å². The Bertz CT molecular complexity index is 379. The molecule has 2 N–H and O–H groups in total. The molecular formula is C11H18N2O. The van der Waals surface area contributed by atoms with Crippen molar-refractivity contribution >= 4 is 5.69 Å². The Morgan fingerprint density at radius 3 is 2.43 bits per heavy atom. The molecule has 0 saturated heterocycles. The number of nitrogens with zero attached hydrogens (tertiary/aromatic N) is 1. The van der Waals surface area contributed by atoms with Crippen LogP contribution in [-0.4, -0.2) is 4.57 Å². The maximum atomic E-state index is 11.6. The molecule has 1 aromatic heterocycles. The Balaban J connectivity index is 3.23. The zero-order valence-corrected chi connectivity index (χ0v) is 9.24. The summed E-state index contributed by atoms with van der Waals surface area (Å²) in [6, 6.07) is 1.78. The summed E-state index contributed by atoms with van der Waals surface area (Å²) in [5.41, 5.74) is 7.32. The van der Waals surface area contributed by atoms with Crippen LogP contribution in [0, 0.1) is 12.8 Å². The Hall–Kier alpha value is -1.25. The highest BCUT2D eigenvalue weighted by Crippen LogP contribution is 2.16. The van der Waals surface area contributed by atoms with Gasteiger partial charge in [0.15, 0.2) is 0 Å². The highest BCUT2D eigenvalue weighted by atomic mass is 16.1. The first-order chi connectivity index (χ1) is 6.43. The number of pyridine rings is 1. The molecule has 14 heavy (non-hydrogen) atoms.